The first-order valence-electron chi connectivity index (χ1n) is 9.43. The van der Waals surface area contributed by atoms with Crippen molar-refractivity contribution in [3.8, 4) is 0 Å². The fourth-order valence-electron chi connectivity index (χ4n) is 3.61. The zero-order chi connectivity index (χ0) is 19.7. The number of carbonyl (C=O) groups excluding carboxylic acids is 2. The number of anilines is 1. The van der Waals surface area contributed by atoms with Crippen LogP contribution in [0.2, 0.25) is 0 Å². The van der Waals surface area contributed by atoms with Crippen LogP contribution in [-0.2, 0) is 17.7 Å². The summed E-state index contributed by atoms with van der Waals surface area (Å²) in [5.74, 6) is -0.0540. The van der Waals surface area contributed by atoms with Crippen LogP contribution in [0.25, 0.3) is 6.08 Å². The van der Waals surface area contributed by atoms with Gasteiger partial charge in [0, 0.05) is 11.4 Å². The van der Waals surface area contributed by atoms with E-state index in [4.69, 9.17) is 4.74 Å². The maximum atomic E-state index is 12.8. The van der Waals surface area contributed by atoms with E-state index in [1.165, 1.54) is 0 Å². The molecule has 0 fully saturated rings. The molecule has 7 heteroatoms. The Kier molecular flexibility index (Phi) is 5.09. The Hall–Kier alpha value is -2.80. The third-order valence-electron chi connectivity index (χ3n) is 5.01. The monoisotopic (exact) mass is 397 g/mol. The summed E-state index contributed by atoms with van der Waals surface area (Å²) in [4.78, 5) is 27.6. The van der Waals surface area contributed by atoms with E-state index >= 15 is 0 Å². The molecule has 0 radical (unpaired) electrons. The van der Waals surface area contributed by atoms with E-state index in [0.717, 1.165) is 32.1 Å². The molecular weight excluding hydrogens is 374 g/mol. The van der Waals surface area contributed by atoms with E-state index in [9.17, 15) is 9.59 Å². The van der Waals surface area contributed by atoms with Crippen molar-refractivity contribution in [2.45, 2.75) is 33.0 Å². The summed E-state index contributed by atoms with van der Waals surface area (Å²) in [6, 6.07) is 10.0. The smallest absolute Gasteiger partial charge is 0.410 e. The van der Waals surface area contributed by atoms with E-state index in [2.05, 4.69) is 16.7 Å². The normalized spacial score (nSPS) is 18.6. The summed E-state index contributed by atoms with van der Waals surface area (Å²) in [6.45, 7) is 5.23. The topological polar surface area (TPSA) is 70.7 Å². The quantitative estimate of drug-likeness (QED) is 0.825. The van der Waals surface area contributed by atoms with Gasteiger partial charge in [0.2, 0.25) is 0 Å². The van der Waals surface area contributed by atoms with Gasteiger partial charge in [0.15, 0.2) is 0 Å². The molecule has 2 amide bonds. The number of hydrogen-bond donors (Lipinski definition) is 2. The maximum absolute atomic E-state index is 12.8. The van der Waals surface area contributed by atoms with Crippen LogP contribution >= 0.6 is 11.3 Å². The molecule has 3 heterocycles. The Bertz CT molecular complexity index is 936. The molecule has 4 rings (SSSR count). The van der Waals surface area contributed by atoms with E-state index in [1.54, 1.807) is 23.2 Å². The van der Waals surface area contributed by atoms with Gasteiger partial charge in [-0.2, -0.15) is 0 Å². The number of rotatable bonds is 3. The van der Waals surface area contributed by atoms with Crippen molar-refractivity contribution in [1.29, 1.82) is 0 Å². The van der Waals surface area contributed by atoms with Crippen molar-refractivity contribution >= 4 is 34.4 Å². The molecule has 1 unspecified atom stereocenters. The van der Waals surface area contributed by atoms with Crippen molar-refractivity contribution in [1.82, 2.24) is 10.2 Å². The second kappa shape index (κ2) is 7.67. The number of ether oxygens (including phenoxy) is 1. The lowest BCUT2D eigenvalue weighted by Gasteiger charge is -2.28. The molecule has 1 atom stereocenters. The maximum Gasteiger partial charge on any atom is 0.410 e. The molecule has 0 saturated carbocycles. The van der Waals surface area contributed by atoms with Crippen molar-refractivity contribution in [2.75, 3.05) is 18.5 Å². The summed E-state index contributed by atoms with van der Waals surface area (Å²) < 4.78 is 5.11. The van der Waals surface area contributed by atoms with Crippen molar-refractivity contribution in [3.05, 3.63) is 57.5 Å². The van der Waals surface area contributed by atoms with E-state index in [-0.39, 0.29) is 18.2 Å². The molecular formula is C21H23N3O3S. The second-order valence-electron chi connectivity index (χ2n) is 6.93. The van der Waals surface area contributed by atoms with Crippen LogP contribution in [0.1, 0.15) is 40.2 Å². The minimum atomic E-state index is -0.295. The van der Waals surface area contributed by atoms with Crippen molar-refractivity contribution in [3.63, 3.8) is 0 Å². The van der Waals surface area contributed by atoms with Crippen molar-refractivity contribution in [2.24, 2.45) is 0 Å². The van der Waals surface area contributed by atoms with Crippen LogP contribution < -0.4 is 10.6 Å². The molecule has 0 spiro atoms. The van der Waals surface area contributed by atoms with Crippen molar-refractivity contribution < 1.29 is 14.3 Å². The zero-order valence-electron chi connectivity index (χ0n) is 16.0. The summed E-state index contributed by atoms with van der Waals surface area (Å²) in [5, 5.41) is 7.40. The number of amides is 2. The molecule has 2 aliphatic heterocycles. The molecule has 0 aliphatic carbocycles. The second-order valence-corrected chi connectivity index (χ2v) is 8.03. The van der Waals surface area contributed by atoms with E-state index < -0.39 is 0 Å². The summed E-state index contributed by atoms with van der Waals surface area (Å²) >= 11 is 1.56. The van der Waals surface area contributed by atoms with Crippen LogP contribution in [-0.4, -0.2) is 36.2 Å². The number of fused-ring (bicyclic) bond motifs is 3. The van der Waals surface area contributed by atoms with Gasteiger partial charge in [-0.05, 0) is 37.0 Å². The van der Waals surface area contributed by atoms with Gasteiger partial charge >= 0.3 is 6.09 Å². The lowest BCUT2D eigenvalue weighted by molar-refractivity contribution is 0.0940. The lowest BCUT2D eigenvalue weighted by Crippen LogP contribution is -2.45. The summed E-state index contributed by atoms with van der Waals surface area (Å²) in [6.07, 6.45) is 2.19. The first-order valence-corrected chi connectivity index (χ1v) is 10.3. The highest BCUT2D eigenvalue weighted by Gasteiger charge is 2.34. The highest BCUT2D eigenvalue weighted by Crippen LogP contribution is 2.39. The molecule has 0 bridgehead atoms. The molecule has 146 valence electrons. The number of benzene rings is 1. The summed E-state index contributed by atoms with van der Waals surface area (Å²) in [7, 11) is 0. The lowest BCUT2D eigenvalue weighted by atomic mass is 10.0. The number of hydrogen-bond acceptors (Lipinski definition) is 5. The Morgan fingerprint density at radius 1 is 1.32 bits per heavy atom. The van der Waals surface area contributed by atoms with Crippen LogP contribution in [0, 0.1) is 0 Å². The van der Waals surface area contributed by atoms with Gasteiger partial charge in [-0.15, -0.1) is 11.3 Å². The van der Waals surface area contributed by atoms with Crippen LogP contribution in [0.3, 0.4) is 0 Å². The molecule has 2 aromatic rings. The molecule has 1 aromatic heterocycles. The van der Waals surface area contributed by atoms with Crippen LogP contribution in [0.15, 0.2) is 35.9 Å². The molecule has 1 aromatic carbocycles. The third kappa shape index (κ3) is 3.49. The first kappa shape index (κ1) is 18.6. The minimum absolute atomic E-state index is 0.0540. The predicted octanol–water partition coefficient (Wildman–Crippen LogP) is 3.85. The Labute approximate surface area is 168 Å². The number of nitrogens with zero attached hydrogens (tertiary/aromatic N) is 1. The van der Waals surface area contributed by atoms with Gasteiger partial charge < -0.3 is 20.3 Å². The largest absolute Gasteiger partial charge is 0.450 e. The number of nitrogens with one attached hydrogen (secondary N) is 2. The standard InChI is InChI=1S/C21H23N3O3S/c1-3-27-21(26)24-10-9-15-16(12-24)28-20-17(15)19(25)22-18(23-20)13(2)11-14-7-5-4-6-8-14/h4-8,11,18,23H,3,9-10,12H2,1-2H3,(H,22,25). The third-order valence-corrected chi connectivity index (χ3v) is 6.16. The fraction of sp³-hybridized carbons (Fsp3) is 0.333. The van der Waals surface area contributed by atoms with Crippen LogP contribution in [0.4, 0.5) is 9.80 Å². The average molecular weight is 398 g/mol. The van der Waals surface area contributed by atoms with Gasteiger partial charge in [0.05, 0.1) is 18.7 Å². The Morgan fingerprint density at radius 2 is 2.11 bits per heavy atom. The minimum Gasteiger partial charge on any atom is -0.450 e. The van der Waals surface area contributed by atoms with Gasteiger partial charge in [0.1, 0.15) is 11.2 Å². The first-order chi connectivity index (χ1) is 13.6. The highest BCUT2D eigenvalue weighted by molar-refractivity contribution is 7.16. The fourth-order valence-corrected chi connectivity index (χ4v) is 4.90. The predicted molar refractivity (Wildman–Crippen MR) is 110 cm³/mol. The van der Waals surface area contributed by atoms with Gasteiger partial charge in [-0.3, -0.25) is 4.79 Å². The molecule has 0 saturated heterocycles. The highest BCUT2D eigenvalue weighted by atomic mass is 32.1. The molecule has 28 heavy (non-hydrogen) atoms. The van der Waals surface area contributed by atoms with Crippen LogP contribution in [0.5, 0.6) is 0 Å². The Balaban J connectivity index is 1.56. The molecule has 6 nitrogen and oxygen atoms in total. The SMILES string of the molecule is CCOC(=O)N1CCc2c(sc3c2C(=O)NC(C(C)=Cc2ccccc2)N3)C1. The average Bonchev–Trinajstić information content (AvgIpc) is 3.07. The molecule has 2 aliphatic rings. The Morgan fingerprint density at radius 3 is 2.86 bits per heavy atom. The molecule has 2 N–H and O–H groups in total. The summed E-state index contributed by atoms with van der Waals surface area (Å²) in [5.41, 5.74) is 3.91. The van der Waals surface area contributed by atoms with Gasteiger partial charge in [0.25, 0.3) is 5.91 Å². The van der Waals surface area contributed by atoms with E-state index in [0.29, 0.717) is 26.1 Å². The van der Waals surface area contributed by atoms with Gasteiger partial charge in [-0.1, -0.05) is 36.4 Å². The number of carbonyl (C=O) groups is 2. The number of thiophene rings is 1. The zero-order valence-corrected chi connectivity index (χ0v) is 16.8. The van der Waals surface area contributed by atoms with Gasteiger partial charge in [-0.25, -0.2) is 4.79 Å². The van der Waals surface area contributed by atoms with E-state index in [1.807, 2.05) is 37.3 Å².